The van der Waals surface area contributed by atoms with Crippen molar-refractivity contribution >= 4 is 0 Å². The average molecular weight is 227 g/mol. The van der Waals surface area contributed by atoms with Crippen LogP contribution in [0, 0.1) is 20.8 Å². The molecule has 0 aliphatic rings. The van der Waals surface area contributed by atoms with Crippen molar-refractivity contribution in [1.82, 2.24) is 4.98 Å². The van der Waals surface area contributed by atoms with Crippen molar-refractivity contribution in [2.45, 2.75) is 20.8 Å². The van der Waals surface area contributed by atoms with Crippen LogP contribution in [0.1, 0.15) is 17.0 Å². The number of ether oxygens (including phenoxy) is 1. The van der Waals surface area contributed by atoms with E-state index < -0.39 is 0 Å². The Morgan fingerprint density at radius 1 is 1.00 bits per heavy atom. The monoisotopic (exact) mass is 227 g/mol. The molecule has 1 heterocycles. The first kappa shape index (κ1) is 11.6. The second-order valence-corrected chi connectivity index (χ2v) is 4.25. The fourth-order valence-electron chi connectivity index (χ4n) is 1.96. The van der Waals surface area contributed by atoms with Gasteiger partial charge in [0.1, 0.15) is 5.75 Å². The van der Waals surface area contributed by atoms with Crippen LogP contribution < -0.4 is 4.74 Å². The predicted molar refractivity (Wildman–Crippen MR) is 70.4 cm³/mol. The van der Waals surface area contributed by atoms with Gasteiger partial charge in [-0.2, -0.15) is 0 Å². The van der Waals surface area contributed by atoms with Crippen LogP contribution in [0.3, 0.4) is 0 Å². The summed E-state index contributed by atoms with van der Waals surface area (Å²) < 4.78 is 5.17. The third-order valence-electron chi connectivity index (χ3n) is 3.05. The number of rotatable bonds is 2. The molecule has 0 bridgehead atoms. The lowest BCUT2D eigenvalue weighted by atomic mass is 9.99. The maximum Gasteiger partial charge on any atom is 0.118 e. The number of hydrogen-bond donors (Lipinski definition) is 0. The molecule has 0 saturated carbocycles. The Bertz CT molecular complexity index is 529. The second-order valence-electron chi connectivity index (χ2n) is 4.25. The van der Waals surface area contributed by atoms with Crippen LogP contribution in [0.25, 0.3) is 11.1 Å². The van der Waals surface area contributed by atoms with Gasteiger partial charge in [0, 0.05) is 11.4 Å². The van der Waals surface area contributed by atoms with E-state index in [1.54, 1.807) is 7.11 Å². The van der Waals surface area contributed by atoms with Crippen LogP contribution in [0.5, 0.6) is 5.75 Å². The van der Waals surface area contributed by atoms with Gasteiger partial charge in [0.2, 0.25) is 0 Å². The summed E-state index contributed by atoms with van der Waals surface area (Å²) in [6.07, 6.45) is 0. The first-order chi connectivity index (χ1) is 8.11. The van der Waals surface area contributed by atoms with E-state index in [0.717, 1.165) is 17.1 Å². The zero-order valence-electron chi connectivity index (χ0n) is 10.7. The van der Waals surface area contributed by atoms with E-state index in [0.29, 0.717) is 0 Å². The summed E-state index contributed by atoms with van der Waals surface area (Å²) in [7, 11) is 1.68. The van der Waals surface area contributed by atoms with Crippen molar-refractivity contribution in [3.63, 3.8) is 0 Å². The van der Waals surface area contributed by atoms with E-state index in [1.165, 1.54) is 16.7 Å². The minimum absolute atomic E-state index is 0.883. The standard InChI is InChI=1S/C15H17NO/c1-10-9-15(11(2)12(3)16-10)13-5-7-14(17-4)8-6-13/h5-9H,1-4H3. The molecule has 0 unspecified atom stereocenters. The Labute approximate surface area is 102 Å². The summed E-state index contributed by atoms with van der Waals surface area (Å²) in [5, 5.41) is 0. The van der Waals surface area contributed by atoms with Gasteiger partial charge in [-0.1, -0.05) is 12.1 Å². The number of pyridine rings is 1. The van der Waals surface area contributed by atoms with Crippen LogP contribution in [0.2, 0.25) is 0 Å². The summed E-state index contributed by atoms with van der Waals surface area (Å²) >= 11 is 0. The van der Waals surface area contributed by atoms with Gasteiger partial charge < -0.3 is 4.74 Å². The maximum atomic E-state index is 5.17. The molecule has 0 aliphatic heterocycles. The van der Waals surface area contributed by atoms with Crippen LogP contribution >= 0.6 is 0 Å². The largest absolute Gasteiger partial charge is 0.497 e. The van der Waals surface area contributed by atoms with Crippen LogP contribution in [0.15, 0.2) is 30.3 Å². The minimum Gasteiger partial charge on any atom is -0.497 e. The van der Waals surface area contributed by atoms with Crippen molar-refractivity contribution in [2.24, 2.45) is 0 Å². The Morgan fingerprint density at radius 3 is 2.24 bits per heavy atom. The lowest BCUT2D eigenvalue weighted by molar-refractivity contribution is 0.415. The first-order valence-electron chi connectivity index (χ1n) is 5.71. The van der Waals surface area contributed by atoms with E-state index in [9.17, 15) is 0 Å². The van der Waals surface area contributed by atoms with E-state index in [2.05, 4.69) is 37.0 Å². The van der Waals surface area contributed by atoms with E-state index in [-0.39, 0.29) is 0 Å². The minimum atomic E-state index is 0.883. The molecule has 2 aromatic rings. The quantitative estimate of drug-likeness (QED) is 0.780. The number of methoxy groups -OCH3 is 1. The van der Waals surface area contributed by atoms with Crippen LogP contribution in [-0.2, 0) is 0 Å². The smallest absolute Gasteiger partial charge is 0.118 e. The van der Waals surface area contributed by atoms with Crippen molar-refractivity contribution in [1.29, 1.82) is 0 Å². The molecule has 0 amide bonds. The van der Waals surface area contributed by atoms with Crippen molar-refractivity contribution in [3.05, 3.63) is 47.3 Å². The molecule has 0 atom stereocenters. The zero-order valence-corrected chi connectivity index (χ0v) is 10.7. The van der Waals surface area contributed by atoms with Crippen molar-refractivity contribution < 1.29 is 4.74 Å². The number of aromatic nitrogens is 1. The number of hydrogen-bond acceptors (Lipinski definition) is 2. The molecule has 88 valence electrons. The molecule has 0 aliphatic carbocycles. The van der Waals surface area contributed by atoms with Gasteiger partial charge in [0.25, 0.3) is 0 Å². The molecule has 2 heteroatoms. The highest BCUT2D eigenvalue weighted by atomic mass is 16.5. The molecular weight excluding hydrogens is 210 g/mol. The molecule has 17 heavy (non-hydrogen) atoms. The SMILES string of the molecule is COc1ccc(-c2cc(C)nc(C)c2C)cc1. The summed E-state index contributed by atoms with van der Waals surface area (Å²) in [6, 6.07) is 10.3. The lowest BCUT2D eigenvalue weighted by Crippen LogP contribution is -1.94. The second kappa shape index (κ2) is 4.58. The van der Waals surface area contributed by atoms with Gasteiger partial charge in [-0.15, -0.1) is 0 Å². The maximum absolute atomic E-state index is 5.17. The molecule has 2 nitrogen and oxygen atoms in total. The number of benzene rings is 1. The first-order valence-corrected chi connectivity index (χ1v) is 5.71. The van der Waals surface area contributed by atoms with Crippen LogP contribution in [0.4, 0.5) is 0 Å². The van der Waals surface area contributed by atoms with E-state index in [1.807, 2.05) is 19.1 Å². The summed E-state index contributed by atoms with van der Waals surface area (Å²) in [5.74, 6) is 0.883. The third-order valence-corrected chi connectivity index (χ3v) is 3.05. The molecule has 0 N–H and O–H groups in total. The molecule has 2 rings (SSSR count). The highest BCUT2D eigenvalue weighted by Crippen LogP contribution is 2.27. The van der Waals surface area contributed by atoms with Crippen LogP contribution in [-0.4, -0.2) is 12.1 Å². The molecule has 0 saturated heterocycles. The highest BCUT2D eigenvalue weighted by Gasteiger charge is 2.06. The Kier molecular flexibility index (Phi) is 3.14. The van der Waals surface area contributed by atoms with Crippen molar-refractivity contribution in [3.8, 4) is 16.9 Å². The highest BCUT2D eigenvalue weighted by molar-refractivity contribution is 5.68. The summed E-state index contributed by atoms with van der Waals surface area (Å²) in [4.78, 5) is 4.47. The predicted octanol–water partition coefficient (Wildman–Crippen LogP) is 3.68. The van der Waals surface area contributed by atoms with Gasteiger partial charge in [-0.05, 0) is 55.7 Å². The molecule has 0 spiro atoms. The van der Waals surface area contributed by atoms with Gasteiger partial charge in [0.15, 0.2) is 0 Å². The average Bonchev–Trinajstić information content (AvgIpc) is 2.34. The lowest BCUT2D eigenvalue weighted by Gasteiger charge is -2.10. The Balaban J connectivity index is 2.52. The molecule has 1 aromatic heterocycles. The van der Waals surface area contributed by atoms with Gasteiger partial charge in [-0.3, -0.25) is 4.98 Å². The normalized spacial score (nSPS) is 10.4. The fraction of sp³-hybridized carbons (Fsp3) is 0.267. The fourth-order valence-corrected chi connectivity index (χ4v) is 1.96. The summed E-state index contributed by atoms with van der Waals surface area (Å²) in [5.41, 5.74) is 5.84. The number of nitrogens with zero attached hydrogens (tertiary/aromatic N) is 1. The van der Waals surface area contributed by atoms with Crippen molar-refractivity contribution in [2.75, 3.05) is 7.11 Å². The Morgan fingerprint density at radius 2 is 1.65 bits per heavy atom. The zero-order chi connectivity index (χ0) is 12.4. The topological polar surface area (TPSA) is 22.1 Å². The number of aryl methyl sites for hydroxylation is 2. The van der Waals surface area contributed by atoms with E-state index >= 15 is 0 Å². The van der Waals surface area contributed by atoms with E-state index in [4.69, 9.17) is 4.74 Å². The Hall–Kier alpha value is -1.83. The third kappa shape index (κ3) is 2.31. The molecule has 1 aromatic carbocycles. The summed E-state index contributed by atoms with van der Waals surface area (Å²) in [6.45, 7) is 6.19. The molecule has 0 radical (unpaired) electrons. The molecular formula is C15H17NO. The molecule has 0 fully saturated rings. The van der Waals surface area contributed by atoms with Gasteiger partial charge in [0.05, 0.1) is 7.11 Å². The van der Waals surface area contributed by atoms with Gasteiger partial charge >= 0.3 is 0 Å². The van der Waals surface area contributed by atoms with Gasteiger partial charge in [-0.25, -0.2) is 0 Å².